The lowest BCUT2D eigenvalue weighted by Gasteiger charge is -2.23. The average Bonchev–Trinajstić information content (AvgIpc) is 2.56. The Morgan fingerprint density at radius 3 is 2.57 bits per heavy atom. The van der Waals surface area contributed by atoms with Crippen molar-refractivity contribution in [1.29, 1.82) is 0 Å². The van der Waals surface area contributed by atoms with Crippen molar-refractivity contribution in [2.24, 2.45) is 0 Å². The Labute approximate surface area is 125 Å². The maximum Gasteiger partial charge on any atom is 0.269 e. The van der Waals surface area contributed by atoms with E-state index in [4.69, 9.17) is 0 Å². The first-order valence-corrected chi connectivity index (χ1v) is 7.30. The van der Waals surface area contributed by atoms with E-state index in [0.29, 0.717) is 12.2 Å². The molecule has 0 unspecified atom stereocenters. The number of amides is 1. The van der Waals surface area contributed by atoms with Gasteiger partial charge in [-0.3, -0.25) is 9.78 Å². The molecule has 0 spiro atoms. The van der Waals surface area contributed by atoms with E-state index in [1.54, 1.807) is 18.3 Å². The molecule has 110 valence electrons. The minimum absolute atomic E-state index is 0.113. The van der Waals surface area contributed by atoms with Crippen molar-refractivity contribution in [3.63, 3.8) is 0 Å². The molecule has 1 aromatic heterocycles. The van der Waals surface area contributed by atoms with Crippen LogP contribution < -0.4 is 10.2 Å². The standard InChI is InChI=1S/C17H21N3O/c1-2-20(15-9-4-3-5-10-15)14-8-13-19-17(21)16-11-6-7-12-18-16/h3-7,9-12H,2,8,13-14H2,1H3,(H,19,21). The van der Waals surface area contributed by atoms with Gasteiger partial charge >= 0.3 is 0 Å². The molecule has 0 saturated heterocycles. The Hall–Kier alpha value is -2.36. The molecule has 4 nitrogen and oxygen atoms in total. The molecule has 4 heteroatoms. The molecule has 1 N–H and O–H groups in total. The number of benzene rings is 1. The van der Waals surface area contributed by atoms with Crippen LogP contribution in [0.4, 0.5) is 5.69 Å². The number of rotatable bonds is 7. The molecule has 1 heterocycles. The Balaban J connectivity index is 1.75. The molecule has 0 fully saturated rings. The highest BCUT2D eigenvalue weighted by molar-refractivity contribution is 5.92. The van der Waals surface area contributed by atoms with Gasteiger partial charge in [-0.25, -0.2) is 0 Å². The Kier molecular flexibility index (Phi) is 5.76. The van der Waals surface area contributed by atoms with Gasteiger partial charge in [0, 0.05) is 31.5 Å². The first-order chi connectivity index (χ1) is 10.3. The highest BCUT2D eigenvalue weighted by Crippen LogP contribution is 2.12. The molecule has 0 radical (unpaired) electrons. The number of carbonyl (C=O) groups is 1. The van der Waals surface area contributed by atoms with Crippen molar-refractivity contribution in [3.05, 3.63) is 60.4 Å². The highest BCUT2D eigenvalue weighted by Gasteiger charge is 2.06. The van der Waals surface area contributed by atoms with Crippen molar-refractivity contribution >= 4 is 11.6 Å². The van der Waals surface area contributed by atoms with E-state index in [1.165, 1.54) is 5.69 Å². The molecular formula is C17H21N3O. The highest BCUT2D eigenvalue weighted by atomic mass is 16.1. The smallest absolute Gasteiger partial charge is 0.269 e. The maximum absolute atomic E-state index is 11.8. The van der Waals surface area contributed by atoms with Crippen LogP contribution in [-0.4, -0.2) is 30.5 Å². The molecule has 2 rings (SSSR count). The molecule has 0 saturated carbocycles. The number of para-hydroxylation sites is 1. The number of hydrogen-bond acceptors (Lipinski definition) is 3. The second-order valence-electron chi connectivity index (χ2n) is 4.74. The van der Waals surface area contributed by atoms with Gasteiger partial charge in [-0.2, -0.15) is 0 Å². The van der Waals surface area contributed by atoms with Gasteiger partial charge in [0.2, 0.25) is 0 Å². The molecule has 1 amide bonds. The second kappa shape index (κ2) is 8.04. The van der Waals surface area contributed by atoms with Gasteiger partial charge in [-0.05, 0) is 37.6 Å². The molecule has 0 aliphatic heterocycles. The number of nitrogens with one attached hydrogen (secondary N) is 1. The van der Waals surface area contributed by atoms with E-state index in [0.717, 1.165) is 19.5 Å². The SMILES string of the molecule is CCN(CCCNC(=O)c1ccccn1)c1ccccc1. The first-order valence-electron chi connectivity index (χ1n) is 7.30. The van der Waals surface area contributed by atoms with Crippen LogP contribution in [0, 0.1) is 0 Å². The third kappa shape index (κ3) is 4.60. The molecule has 0 bridgehead atoms. The number of carbonyl (C=O) groups excluding carboxylic acids is 1. The fourth-order valence-electron chi connectivity index (χ4n) is 2.17. The minimum Gasteiger partial charge on any atom is -0.372 e. The number of pyridine rings is 1. The summed E-state index contributed by atoms with van der Waals surface area (Å²) in [6, 6.07) is 15.7. The van der Waals surface area contributed by atoms with Crippen LogP contribution in [0.2, 0.25) is 0 Å². The van der Waals surface area contributed by atoms with Gasteiger partial charge < -0.3 is 10.2 Å². The normalized spacial score (nSPS) is 10.1. The zero-order chi connectivity index (χ0) is 14.9. The summed E-state index contributed by atoms with van der Waals surface area (Å²) in [5.41, 5.74) is 1.68. The van der Waals surface area contributed by atoms with Crippen molar-refractivity contribution in [2.45, 2.75) is 13.3 Å². The van der Waals surface area contributed by atoms with Crippen molar-refractivity contribution in [3.8, 4) is 0 Å². The van der Waals surface area contributed by atoms with Gasteiger partial charge in [0.25, 0.3) is 5.91 Å². The third-order valence-electron chi connectivity index (χ3n) is 3.29. The summed E-state index contributed by atoms with van der Waals surface area (Å²) in [5.74, 6) is -0.113. The topological polar surface area (TPSA) is 45.2 Å². The van der Waals surface area contributed by atoms with Crippen LogP contribution in [0.15, 0.2) is 54.7 Å². The van der Waals surface area contributed by atoms with Crippen LogP contribution >= 0.6 is 0 Å². The summed E-state index contributed by atoms with van der Waals surface area (Å²) < 4.78 is 0. The van der Waals surface area contributed by atoms with Crippen LogP contribution in [-0.2, 0) is 0 Å². The van der Waals surface area contributed by atoms with Crippen molar-refractivity contribution < 1.29 is 4.79 Å². The lowest BCUT2D eigenvalue weighted by Crippen LogP contribution is -2.30. The zero-order valence-electron chi connectivity index (χ0n) is 12.3. The molecule has 2 aromatic rings. The molecule has 0 atom stereocenters. The first kappa shape index (κ1) is 15.0. The fraction of sp³-hybridized carbons (Fsp3) is 0.294. The van der Waals surface area contributed by atoms with Crippen LogP contribution in [0.25, 0.3) is 0 Å². The van der Waals surface area contributed by atoms with Gasteiger partial charge in [0.1, 0.15) is 5.69 Å². The monoisotopic (exact) mass is 283 g/mol. The lowest BCUT2D eigenvalue weighted by molar-refractivity contribution is 0.0948. The summed E-state index contributed by atoms with van der Waals surface area (Å²) >= 11 is 0. The van der Waals surface area contributed by atoms with Gasteiger partial charge in [0.05, 0.1) is 0 Å². The summed E-state index contributed by atoms with van der Waals surface area (Å²) in [7, 11) is 0. The largest absolute Gasteiger partial charge is 0.372 e. The van der Waals surface area contributed by atoms with Crippen LogP contribution in [0.5, 0.6) is 0 Å². The second-order valence-corrected chi connectivity index (χ2v) is 4.74. The number of anilines is 1. The maximum atomic E-state index is 11.8. The Bertz CT molecular complexity index is 542. The quantitative estimate of drug-likeness (QED) is 0.795. The van der Waals surface area contributed by atoms with Gasteiger partial charge in [-0.15, -0.1) is 0 Å². The van der Waals surface area contributed by atoms with E-state index in [1.807, 2.05) is 24.3 Å². The predicted molar refractivity (Wildman–Crippen MR) is 85.5 cm³/mol. The Morgan fingerprint density at radius 2 is 1.90 bits per heavy atom. The predicted octanol–water partition coefficient (Wildman–Crippen LogP) is 2.73. The van der Waals surface area contributed by atoms with E-state index >= 15 is 0 Å². The number of aromatic nitrogens is 1. The molecule has 21 heavy (non-hydrogen) atoms. The fourth-order valence-corrected chi connectivity index (χ4v) is 2.17. The molecule has 1 aromatic carbocycles. The van der Waals surface area contributed by atoms with E-state index in [2.05, 4.69) is 34.3 Å². The van der Waals surface area contributed by atoms with Crippen LogP contribution in [0.1, 0.15) is 23.8 Å². The minimum atomic E-state index is -0.113. The number of nitrogens with zero attached hydrogens (tertiary/aromatic N) is 2. The summed E-state index contributed by atoms with van der Waals surface area (Å²) in [5, 5.41) is 2.90. The number of hydrogen-bond donors (Lipinski definition) is 1. The van der Waals surface area contributed by atoms with E-state index in [9.17, 15) is 4.79 Å². The van der Waals surface area contributed by atoms with E-state index < -0.39 is 0 Å². The van der Waals surface area contributed by atoms with Crippen molar-refractivity contribution in [1.82, 2.24) is 10.3 Å². The Morgan fingerprint density at radius 1 is 1.14 bits per heavy atom. The molecular weight excluding hydrogens is 262 g/mol. The lowest BCUT2D eigenvalue weighted by atomic mass is 10.2. The average molecular weight is 283 g/mol. The molecule has 0 aliphatic rings. The summed E-state index contributed by atoms with van der Waals surface area (Å²) in [6.07, 6.45) is 2.53. The van der Waals surface area contributed by atoms with E-state index in [-0.39, 0.29) is 5.91 Å². The van der Waals surface area contributed by atoms with Gasteiger partial charge in [0.15, 0.2) is 0 Å². The van der Waals surface area contributed by atoms with Crippen LogP contribution in [0.3, 0.4) is 0 Å². The van der Waals surface area contributed by atoms with Crippen molar-refractivity contribution in [2.75, 3.05) is 24.5 Å². The molecule has 0 aliphatic carbocycles. The van der Waals surface area contributed by atoms with Gasteiger partial charge in [-0.1, -0.05) is 24.3 Å². The third-order valence-corrected chi connectivity index (χ3v) is 3.29. The summed E-state index contributed by atoms with van der Waals surface area (Å²) in [4.78, 5) is 18.2. The summed E-state index contributed by atoms with van der Waals surface area (Å²) in [6.45, 7) is 4.67. The zero-order valence-corrected chi connectivity index (χ0v) is 12.3.